The van der Waals surface area contributed by atoms with Crippen LogP contribution in [0, 0.1) is 17.8 Å². The van der Waals surface area contributed by atoms with E-state index in [2.05, 4.69) is 17.5 Å². The molecule has 1 aromatic carbocycles. The number of fused-ring (bicyclic) bond motifs is 2. The smallest absolute Gasteiger partial charge is 0.327 e. The molecule has 0 spiro atoms. The molecule has 4 atom stereocenters. The number of nitrogens with one attached hydrogen (secondary N) is 1. The lowest BCUT2D eigenvalue weighted by Gasteiger charge is -2.23. The SMILES string of the molecule is COC(=O)C(NCC1CC2C=CC1C2)c1ccccc1. The van der Waals surface area contributed by atoms with Crippen LogP contribution in [0.4, 0.5) is 0 Å². The van der Waals surface area contributed by atoms with Gasteiger partial charge in [0.05, 0.1) is 7.11 Å². The quantitative estimate of drug-likeness (QED) is 0.661. The Morgan fingerprint density at radius 2 is 2.10 bits per heavy atom. The molecule has 0 aliphatic heterocycles. The van der Waals surface area contributed by atoms with E-state index in [1.165, 1.54) is 20.0 Å². The van der Waals surface area contributed by atoms with Gasteiger partial charge in [-0.2, -0.15) is 0 Å². The predicted octanol–water partition coefficient (Wildman–Crippen LogP) is 2.70. The van der Waals surface area contributed by atoms with Gasteiger partial charge in [0.2, 0.25) is 0 Å². The average molecular weight is 271 g/mol. The highest BCUT2D eigenvalue weighted by Crippen LogP contribution is 2.43. The highest BCUT2D eigenvalue weighted by Gasteiger charge is 2.36. The molecule has 0 aromatic heterocycles. The van der Waals surface area contributed by atoms with Crippen molar-refractivity contribution in [1.82, 2.24) is 5.32 Å². The van der Waals surface area contributed by atoms with Crippen molar-refractivity contribution in [2.45, 2.75) is 18.9 Å². The van der Waals surface area contributed by atoms with Crippen molar-refractivity contribution in [1.29, 1.82) is 0 Å². The molecule has 1 N–H and O–H groups in total. The molecule has 1 aromatic rings. The third kappa shape index (κ3) is 2.63. The fourth-order valence-electron chi connectivity index (χ4n) is 3.50. The minimum Gasteiger partial charge on any atom is -0.468 e. The first kappa shape index (κ1) is 13.4. The monoisotopic (exact) mass is 271 g/mol. The second kappa shape index (κ2) is 5.80. The van der Waals surface area contributed by atoms with E-state index >= 15 is 0 Å². The number of hydrogen-bond acceptors (Lipinski definition) is 3. The van der Waals surface area contributed by atoms with Gasteiger partial charge in [0.15, 0.2) is 0 Å². The Labute approximate surface area is 120 Å². The molecule has 1 fully saturated rings. The van der Waals surface area contributed by atoms with Crippen molar-refractivity contribution in [2.24, 2.45) is 17.8 Å². The van der Waals surface area contributed by atoms with Crippen LogP contribution in [0.2, 0.25) is 0 Å². The molecule has 106 valence electrons. The van der Waals surface area contributed by atoms with E-state index in [-0.39, 0.29) is 12.0 Å². The summed E-state index contributed by atoms with van der Waals surface area (Å²) in [6, 6.07) is 9.44. The maximum atomic E-state index is 12.0. The molecule has 3 heteroatoms. The topological polar surface area (TPSA) is 38.3 Å². The summed E-state index contributed by atoms with van der Waals surface area (Å²) in [5, 5.41) is 3.41. The van der Waals surface area contributed by atoms with Crippen LogP contribution in [0.15, 0.2) is 42.5 Å². The van der Waals surface area contributed by atoms with Gasteiger partial charge in [-0.25, -0.2) is 4.79 Å². The molecule has 1 saturated carbocycles. The van der Waals surface area contributed by atoms with Crippen LogP contribution in [-0.4, -0.2) is 19.6 Å². The van der Waals surface area contributed by atoms with Gasteiger partial charge in [0, 0.05) is 0 Å². The minimum atomic E-state index is -0.357. The van der Waals surface area contributed by atoms with E-state index in [4.69, 9.17) is 4.74 Å². The molecule has 20 heavy (non-hydrogen) atoms. The second-order valence-electron chi connectivity index (χ2n) is 5.82. The van der Waals surface area contributed by atoms with E-state index in [9.17, 15) is 4.79 Å². The molecule has 4 unspecified atom stereocenters. The summed E-state index contributed by atoms with van der Waals surface area (Å²) >= 11 is 0. The van der Waals surface area contributed by atoms with E-state index in [0.717, 1.165) is 18.0 Å². The number of rotatable bonds is 5. The molecule has 2 aliphatic carbocycles. The van der Waals surface area contributed by atoms with Gasteiger partial charge in [-0.05, 0) is 42.7 Å². The molecule has 2 bridgehead atoms. The lowest BCUT2D eigenvalue weighted by atomic mass is 9.93. The first-order valence-electron chi connectivity index (χ1n) is 7.32. The molecule has 0 amide bonds. The van der Waals surface area contributed by atoms with Crippen molar-refractivity contribution in [3.8, 4) is 0 Å². The summed E-state index contributed by atoms with van der Waals surface area (Å²) in [5.41, 5.74) is 0.970. The van der Waals surface area contributed by atoms with Crippen LogP contribution in [0.25, 0.3) is 0 Å². The summed E-state index contributed by atoms with van der Waals surface area (Å²) in [6.07, 6.45) is 7.23. The minimum absolute atomic E-state index is 0.213. The van der Waals surface area contributed by atoms with Crippen molar-refractivity contribution in [3.05, 3.63) is 48.0 Å². The Morgan fingerprint density at radius 3 is 2.70 bits per heavy atom. The Hall–Kier alpha value is -1.61. The number of hydrogen-bond donors (Lipinski definition) is 1. The number of esters is 1. The Morgan fingerprint density at radius 1 is 1.30 bits per heavy atom. The van der Waals surface area contributed by atoms with E-state index in [0.29, 0.717) is 11.8 Å². The van der Waals surface area contributed by atoms with Crippen LogP contribution in [0.1, 0.15) is 24.4 Å². The van der Waals surface area contributed by atoms with Crippen molar-refractivity contribution >= 4 is 5.97 Å². The molecule has 3 nitrogen and oxygen atoms in total. The zero-order valence-corrected chi connectivity index (χ0v) is 11.8. The lowest BCUT2D eigenvalue weighted by molar-refractivity contribution is -0.143. The van der Waals surface area contributed by atoms with Crippen molar-refractivity contribution < 1.29 is 9.53 Å². The van der Waals surface area contributed by atoms with Gasteiger partial charge in [0.1, 0.15) is 6.04 Å². The first-order valence-corrected chi connectivity index (χ1v) is 7.32. The van der Waals surface area contributed by atoms with Gasteiger partial charge in [-0.3, -0.25) is 0 Å². The maximum absolute atomic E-state index is 12.0. The van der Waals surface area contributed by atoms with Crippen LogP contribution in [-0.2, 0) is 9.53 Å². The highest BCUT2D eigenvalue weighted by atomic mass is 16.5. The Balaban J connectivity index is 1.65. The number of carbonyl (C=O) groups is 1. The second-order valence-corrected chi connectivity index (χ2v) is 5.82. The number of carbonyl (C=O) groups excluding carboxylic acids is 1. The summed E-state index contributed by atoms with van der Waals surface area (Å²) in [6.45, 7) is 0.875. The van der Waals surface area contributed by atoms with E-state index in [1.807, 2.05) is 30.3 Å². The van der Waals surface area contributed by atoms with Crippen LogP contribution >= 0.6 is 0 Å². The largest absolute Gasteiger partial charge is 0.468 e. The van der Waals surface area contributed by atoms with Crippen molar-refractivity contribution in [2.75, 3.05) is 13.7 Å². The van der Waals surface area contributed by atoms with Crippen LogP contribution in [0.3, 0.4) is 0 Å². The molecule has 0 heterocycles. The fraction of sp³-hybridized carbons (Fsp3) is 0.471. The summed E-state index contributed by atoms with van der Waals surface area (Å²) in [7, 11) is 1.44. The van der Waals surface area contributed by atoms with Gasteiger partial charge >= 0.3 is 5.97 Å². The fourth-order valence-corrected chi connectivity index (χ4v) is 3.50. The number of ether oxygens (including phenoxy) is 1. The summed E-state index contributed by atoms with van der Waals surface area (Å²) < 4.78 is 4.93. The zero-order valence-electron chi connectivity index (χ0n) is 11.8. The first-order chi connectivity index (χ1) is 9.78. The summed E-state index contributed by atoms with van der Waals surface area (Å²) in [4.78, 5) is 12.0. The standard InChI is InChI=1S/C17H21NO2/c1-20-17(19)16(13-5-3-2-4-6-13)18-11-15-10-12-7-8-14(15)9-12/h2-8,12,14-16,18H,9-11H2,1H3. The molecule has 0 radical (unpaired) electrons. The van der Waals surface area contributed by atoms with Gasteiger partial charge in [-0.1, -0.05) is 42.5 Å². The van der Waals surface area contributed by atoms with Crippen molar-refractivity contribution in [3.63, 3.8) is 0 Å². The lowest BCUT2D eigenvalue weighted by Crippen LogP contribution is -2.34. The molecule has 2 aliphatic rings. The van der Waals surface area contributed by atoms with E-state index in [1.54, 1.807) is 0 Å². The Bertz CT molecular complexity index is 497. The molecular formula is C17H21NO2. The summed E-state index contributed by atoms with van der Waals surface area (Å²) in [5.74, 6) is 1.90. The third-order valence-electron chi connectivity index (χ3n) is 4.57. The predicted molar refractivity (Wildman–Crippen MR) is 78.0 cm³/mol. The normalized spacial score (nSPS) is 28.6. The maximum Gasteiger partial charge on any atom is 0.327 e. The Kier molecular flexibility index (Phi) is 3.88. The van der Waals surface area contributed by atoms with Crippen LogP contribution < -0.4 is 5.32 Å². The van der Waals surface area contributed by atoms with Gasteiger partial charge in [0.25, 0.3) is 0 Å². The third-order valence-corrected chi connectivity index (χ3v) is 4.57. The highest BCUT2D eigenvalue weighted by molar-refractivity contribution is 5.77. The van der Waals surface area contributed by atoms with Crippen LogP contribution in [0.5, 0.6) is 0 Å². The van der Waals surface area contributed by atoms with E-state index < -0.39 is 0 Å². The number of allylic oxidation sites excluding steroid dienone is 2. The molecule has 3 rings (SSSR count). The average Bonchev–Trinajstić information content (AvgIpc) is 3.11. The molecular weight excluding hydrogens is 250 g/mol. The number of methoxy groups -OCH3 is 1. The number of benzene rings is 1. The van der Waals surface area contributed by atoms with Gasteiger partial charge < -0.3 is 10.1 Å². The van der Waals surface area contributed by atoms with Gasteiger partial charge in [-0.15, -0.1) is 0 Å². The molecule has 0 saturated heterocycles. The zero-order chi connectivity index (χ0) is 13.9.